The van der Waals surface area contributed by atoms with Crippen LogP contribution in [0.5, 0.6) is 0 Å². The van der Waals surface area contributed by atoms with Crippen LogP contribution in [0.2, 0.25) is 0 Å². The highest BCUT2D eigenvalue weighted by atomic mass is 32.2. The molecule has 0 radical (unpaired) electrons. The topological polar surface area (TPSA) is 32.3 Å². The summed E-state index contributed by atoms with van der Waals surface area (Å²) in [5.74, 6) is 2.66. The molecule has 2 atom stereocenters. The Morgan fingerprint density at radius 1 is 1.38 bits per heavy atom. The third kappa shape index (κ3) is 7.35. The molecule has 0 rings (SSSR count). The molecule has 13 heavy (non-hydrogen) atoms. The quantitative estimate of drug-likeness (QED) is 0.633. The lowest BCUT2D eigenvalue weighted by molar-refractivity contribution is 0.250. The van der Waals surface area contributed by atoms with Crippen LogP contribution in [0.25, 0.3) is 0 Å². The minimum Gasteiger partial charge on any atom is -0.396 e. The summed E-state index contributed by atoms with van der Waals surface area (Å²) in [6.07, 6.45) is 2.48. The second-order valence-corrected chi connectivity index (χ2v) is 4.67. The van der Waals surface area contributed by atoms with Crippen LogP contribution in [-0.2, 0) is 0 Å². The summed E-state index contributed by atoms with van der Waals surface area (Å²) in [7, 11) is 2.02. The van der Waals surface area contributed by atoms with Gasteiger partial charge >= 0.3 is 0 Å². The maximum Gasteiger partial charge on any atom is 0.0464 e. The molecule has 0 fully saturated rings. The van der Waals surface area contributed by atoms with Crippen molar-refractivity contribution < 1.29 is 5.11 Å². The van der Waals surface area contributed by atoms with E-state index in [1.165, 1.54) is 12.8 Å². The summed E-state index contributed by atoms with van der Waals surface area (Å²) >= 11 is 1.94. The van der Waals surface area contributed by atoms with Crippen LogP contribution in [0, 0.1) is 5.92 Å². The SMILES string of the molecule is CCCC(CSCC(C)CO)NC. The van der Waals surface area contributed by atoms with Gasteiger partial charge in [-0.15, -0.1) is 0 Å². The lowest BCUT2D eigenvalue weighted by atomic mass is 10.2. The van der Waals surface area contributed by atoms with E-state index in [2.05, 4.69) is 19.2 Å². The van der Waals surface area contributed by atoms with Crippen molar-refractivity contribution in [2.75, 3.05) is 25.2 Å². The van der Waals surface area contributed by atoms with Gasteiger partial charge in [-0.3, -0.25) is 0 Å². The summed E-state index contributed by atoms with van der Waals surface area (Å²) in [6.45, 7) is 4.61. The molecule has 0 aromatic heterocycles. The molecule has 0 spiro atoms. The maximum absolute atomic E-state index is 8.83. The summed E-state index contributed by atoms with van der Waals surface area (Å²) in [5, 5.41) is 12.1. The Labute approximate surface area is 86.5 Å². The average molecular weight is 205 g/mol. The molecule has 2 N–H and O–H groups in total. The minimum absolute atomic E-state index is 0.311. The molecule has 0 aromatic rings. The summed E-state index contributed by atoms with van der Waals surface area (Å²) in [4.78, 5) is 0. The van der Waals surface area contributed by atoms with E-state index in [1.807, 2.05) is 18.8 Å². The zero-order valence-electron chi connectivity index (χ0n) is 9.05. The lowest BCUT2D eigenvalue weighted by Gasteiger charge is -2.15. The van der Waals surface area contributed by atoms with Crippen LogP contribution < -0.4 is 5.32 Å². The molecule has 80 valence electrons. The summed E-state index contributed by atoms with van der Waals surface area (Å²) < 4.78 is 0. The Kier molecular flexibility index (Phi) is 9.03. The molecule has 0 heterocycles. The van der Waals surface area contributed by atoms with Gasteiger partial charge in [0.15, 0.2) is 0 Å². The number of nitrogens with one attached hydrogen (secondary N) is 1. The largest absolute Gasteiger partial charge is 0.396 e. The molecule has 0 aliphatic heterocycles. The highest BCUT2D eigenvalue weighted by Crippen LogP contribution is 2.11. The van der Waals surface area contributed by atoms with Gasteiger partial charge in [0.25, 0.3) is 0 Å². The Morgan fingerprint density at radius 3 is 2.54 bits per heavy atom. The van der Waals surface area contributed by atoms with Crippen LogP contribution in [-0.4, -0.2) is 36.3 Å². The van der Waals surface area contributed by atoms with E-state index in [0.717, 1.165) is 11.5 Å². The van der Waals surface area contributed by atoms with E-state index >= 15 is 0 Å². The standard InChI is InChI=1S/C10H23NOS/c1-4-5-10(11-3)8-13-7-9(2)6-12/h9-12H,4-8H2,1-3H3. The highest BCUT2D eigenvalue weighted by molar-refractivity contribution is 7.99. The summed E-state index contributed by atoms with van der Waals surface area (Å²) in [5.41, 5.74) is 0. The first-order valence-electron chi connectivity index (χ1n) is 5.10. The maximum atomic E-state index is 8.83. The Morgan fingerprint density at radius 2 is 2.08 bits per heavy atom. The van der Waals surface area contributed by atoms with E-state index in [4.69, 9.17) is 5.11 Å². The third-order valence-electron chi connectivity index (χ3n) is 2.08. The van der Waals surface area contributed by atoms with E-state index in [-0.39, 0.29) is 0 Å². The van der Waals surface area contributed by atoms with Crippen molar-refractivity contribution in [3.63, 3.8) is 0 Å². The van der Waals surface area contributed by atoms with Gasteiger partial charge in [0.1, 0.15) is 0 Å². The molecular weight excluding hydrogens is 182 g/mol. The molecule has 0 bridgehead atoms. The first-order valence-corrected chi connectivity index (χ1v) is 6.25. The van der Waals surface area contributed by atoms with Gasteiger partial charge in [0.2, 0.25) is 0 Å². The Hall–Kier alpha value is 0.270. The van der Waals surface area contributed by atoms with Crippen molar-refractivity contribution in [1.29, 1.82) is 0 Å². The first-order chi connectivity index (χ1) is 6.24. The molecule has 0 aromatic carbocycles. The van der Waals surface area contributed by atoms with Crippen LogP contribution in [0.3, 0.4) is 0 Å². The molecule has 0 aliphatic carbocycles. The molecule has 0 aliphatic rings. The predicted molar refractivity (Wildman–Crippen MR) is 61.3 cm³/mol. The molecule has 0 saturated heterocycles. The van der Waals surface area contributed by atoms with Crippen LogP contribution in [0.15, 0.2) is 0 Å². The van der Waals surface area contributed by atoms with Gasteiger partial charge in [0, 0.05) is 18.4 Å². The van der Waals surface area contributed by atoms with Crippen LogP contribution in [0.4, 0.5) is 0 Å². The fourth-order valence-corrected chi connectivity index (χ4v) is 2.39. The van der Waals surface area contributed by atoms with Crippen molar-refractivity contribution in [1.82, 2.24) is 5.32 Å². The number of aliphatic hydroxyl groups excluding tert-OH is 1. The van der Waals surface area contributed by atoms with Gasteiger partial charge in [-0.25, -0.2) is 0 Å². The molecule has 2 unspecified atom stereocenters. The Balaban J connectivity index is 3.37. The summed E-state index contributed by atoms with van der Waals surface area (Å²) in [6, 6.07) is 0.640. The monoisotopic (exact) mass is 205 g/mol. The van der Waals surface area contributed by atoms with Gasteiger partial charge in [-0.1, -0.05) is 20.3 Å². The zero-order chi connectivity index (χ0) is 10.1. The smallest absolute Gasteiger partial charge is 0.0464 e. The van der Waals surface area contributed by atoms with Crippen molar-refractivity contribution in [2.24, 2.45) is 5.92 Å². The second kappa shape index (κ2) is 8.85. The first kappa shape index (κ1) is 13.3. The van der Waals surface area contributed by atoms with Crippen molar-refractivity contribution >= 4 is 11.8 Å². The second-order valence-electron chi connectivity index (χ2n) is 3.60. The number of thioether (sulfide) groups is 1. The van der Waals surface area contributed by atoms with Crippen molar-refractivity contribution in [3.05, 3.63) is 0 Å². The third-order valence-corrected chi connectivity index (χ3v) is 3.52. The van der Waals surface area contributed by atoms with E-state index in [0.29, 0.717) is 18.6 Å². The van der Waals surface area contributed by atoms with Gasteiger partial charge in [0.05, 0.1) is 0 Å². The number of hydrogen-bond donors (Lipinski definition) is 2. The average Bonchev–Trinajstić information content (AvgIpc) is 2.16. The van der Waals surface area contributed by atoms with Gasteiger partial charge in [-0.2, -0.15) is 11.8 Å². The van der Waals surface area contributed by atoms with Gasteiger partial charge in [-0.05, 0) is 25.1 Å². The molecule has 0 saturated carbocycles. The Bertz CT molecular complexity index is 111. The molecule has 2 nitrogen and oxygen atoms in total. The number of aliphatic hydroxyl groups is 1. The van der Waals surface area contributed by atoms with Crippen LogP contribution in [0.1, 0.15) is 26.7 Å². The predicted octanol–water partition coefficient (Wildman–Crippen LogP) is 1.74. The minimum atomic E-state index is 0.311. The van der Waals surface area contributed by atoms with Crippen molar-refractivity contribution in [3.8, 4) is 0 Å². The zero-order valence-corrected chi connectivity index (χ0v) is 9.86. The van der Waals surface area contributed by atoms with Crippen LogP contribution >= 0.6 is 11.8 Å². The van der Waals surface area contributed by atoms with E-state index in [1.54, 1.807) is 0 Å². The molecule has 0 amide bonds. The number of hydrogen-bond acceptors (Lipinski definition) is 3. The molecular formula is C10H23NOS. The van der Waals surface area contributed by atoms with Gasteiger partial charge < -0.3 is 10.4 Å². The van der Waals surface area contributed by atoms with Crippen molar-refractivity contribution in [2.45, 2.75) is 32.7 Å². The molecule has 3 heteroatoms. The number of rotatable bonds is 8. The normalized spacial score (nSPS) is 15.7. The lowest BCUT2D eigenvalue weighted by Crippen LogP contribution is -2.27. The fourth-order valence-electron chi connectivity index (χ4n) is 1.12. The fraction of sp³-hybridized carbons (Fsp3) is 1.00. The van der Waals surface area contributed by atoms with E-state index < -0.39 is 0 Å². The highest BCUT2D eigenvalue weighted by Gasteiger charge is 2.06. The van der Waals surface area contributed by atoms with E-state index in [9.17, 15) is 0 Å².